The maximum Gasteiger partial charge on any atom is 0.237 e. The highest BCUT2D eigenvalue weighted by molar-refractivity contribution is 7.99. The lowest BCUT2D eigenvalue weighted by Gasteiger charge is -2.16. The largest absolute Gasteiger partial charge is 0.335 e. The van der Waals surface area contributed by atoms with Crippen molar-refractivity contribution in [1.82, 2.24) is 14.9 Å². The number of anilines is 1. The average molecular weight is 386 g/mol. The Morgan fingerprint density at radius 3 is 2.88 bits per heavy atom. The van der Waals surface area contributed by atoms with Crippen LogP contribution >= 0.6 is 23.4 Å². The number of thioether (sulfide) groups is 1. The van der Waals surface area contributed by atoms with E-state index in [1.807, 2.05) is 35.2 Å². The molecule has 6 nitrogen and oxygen atoms in total. The van der Waals surface area contributed by atoms with E-state index in [2.05, 4.69) is 16.3 Å². The number of aromatic nitrogens is 3. The second-order valence-electron chi connectivity index (χ2n) is 5.90. The van der Waals surface area contributed by atoms with Gasteiger partial charge in [-0.2, -0.15) is 0 Å². The van der Waals surface area contributed by atoms with Gasteiger partial charge in [0.25, 0.3) is 0 Å². The van der Waals surface area contributed by atoms with Crippen molar-refractivity contribution in [2.75, 3.05) is 23.0 Å². The predicted octanol–water partition coefficient (Wildman–Crippen LogP) is 2.99. The summed E-state index contributed by atoms with van der Waals surface area (Å²) in [4.78, 5) is 14.4. The molecule has 8 heteroatoms. The summed E-state index contributed by atoms with van der Waals surface area (Å²) in [7, 11) is 0. The number of nitrogens with two attached hydrogens (primary N) is 1. The third-order valence-electron chi connectivity index (χ3n) is 4.26. The highest BCUT2D eigenvalue weighted by atomic mass is 35.5. The Bertz CT molecular complexity index is 974. The van der Waals surface area contributed by atoms with Gasteiger partial charge in [-0.3, -0.25) is 4.79 Å². The molecule has 2 N–H and O–H groups in total. The van der Waals surface area contributed by atoms with Crippen molar-refractivity contribution in [2.45, 2.75) is 11.6 Å². The zero-order chi connectivity index (χ0) is 18.1. The topological polar surface area (TPSA) is 77.0 Å². The number of hydrogen-bond acceptors (Lipinski definition) is 5. The Morgan fingerprint density at radius 1 is 1.19 bits per heavy atom. The molecule has 26 heavy (non-hydrogen) atoms. The van der Waals surface area contributed by atoms with Crippen molar-refractivity contribution in [1.29, 1.82) is 0 Å². The monoisotopic (exact) mass is 385 g/mol. The summed E-state index contributed by atoms with van der Waals surface area (Å²) < 4.78 is 1.39. The third kappa shape index (κ3) is 3.15. The van der Waals surface area contributed by atoms with Crippen LogP contribution in [-0.4, -0.2) is 33.1 Å². The average Bonchev–Trinajstić information content (AvgIpc) is 3.23. The van der Waals surface area contributed by atoms with E-state index in [-0.39, 0.29) is 11.7 Å². The van der Waals surface area contributed by atoms with Gasteiger partial charge >= 0.3 is 0 Å². The van der Waals surface area contributed by atoms with Crippen LogP contribution in [0.1, 0.15) is 5.56 Å². The van der Waals surface area contributed by atoms with E-state index in [4.69, 9.17) is 17.4 Å². The van der Waals surface area contributed by atoms with Gasteiger partial charge in [0.1, 0.15) is 0 Å². The molecule has 0 unspecified atom stereocenters. The number of carbonyl (C=O) groups is 1. The molecule has 0 saturated carbocycles. The van der Waals surface area contributed by atoms with Crippen molar-refractivity contribution in [3.8, 4) is 11.4 Å². The van der Waals surface area contributed by atoms with E-state index >= 15 is 0 Å². The Labute approximate surface area is 159 Å². The quantitative estimate of drug-likeness (QED) is 0.551. The van der Waals surface area contributed by atoms with Crippen LogP contribution in [0.5, 0.6) is 0 Å². The highest BCUT2D eigenvalue weighted by Gasteiger charge is 2.24. The number of rotatable bonds is 4. The van der Waals surface area contributed by atoms with Gasteiger partial charge < -0.3 is 10.7 Å². The molecule has 132 valence electrons. The minimum atomic E-state index is 0.0345. The summed E-state index contributed by atoms with van der Waals surface area (Å²) >= 11 is 7.29. The molecule has 3 aromatic rings. The predicted molar refractivity (Wildman–Crippen MR) is 104 cm³/mol. The van der Waals surface area contributed by atoms with Crippen molar-refractivity contribution in [3.63, 3.8) is 0 Å². The van der Waals surface area contributed by atoms with Crippen molar-refractivity contribution in [2.24, 2.45) is 0 Å². The first-order chi connectivity index (χ1) is 12.6. The second kappa shape index (κ2) is 7.01. The fourth-order valence-electron chi connectivity index (χ4n) is 3.00. The Balaban J connectivity index is 1.47. The Morgan fingerprint density at radius 2 is 2.04 bits per heavy atom. The minimum absolute atomic E-state index is 0.0345. The van der Waals surface area contributed by atoms with Gasteiger partial charge in [0.2, 0.25) is 11.1 Å². The van der Waals surface area contributed by atoms with E-state index in [9.17, 15) is 4.79 Å². The third-order valence-corrected chi connectivity index (χ3v) is 5.42. The molecular weight excluding hydrogens is 370 g/mol. The second-order valence-corrected chi connectivity index (χ2v) is 7.28. The molecule has 0 spiro atoms. The summed E-state index contributed by atoms with van der Waals surface area (Å²) in [5, 5.41) is 9.31. The van der Waals surface area contributed by atoms with Crippen LogP contribution in [0, 0.1) is 0 Å². The first-order valence-electron chi connectivity index (χ1n) is 8.11. The fourth-order valence-corrected chi connectivity index (χ4v) is 3.92. The molecule has 2 heterocycles. The maximum atomic E-state index is 12.6. The van der Waals surface area contributed by atoms with Crippen LogP contribution in [0.4, 0.5) is 5.69 Å². The van der Waals surface area contributed by atoms with Crippen molar-refractivity contribution in [3.05, 3.63) is 59.1 Å². The molecule has 1 aromatic heterocycles. The lowest BCUT2D eigenvalue weighted by Crippen LogP contribution is -2.30. The highest BCUT2D eigenvalue weighted by Crippen LogP contribution is 2.29. The molecule has 0 aliphatic carbocycles. The zero-order valence-electron chi connectivity index (χ0n) is 13.8. The SMILES string of the molecule is Nn1c(SCC(=O)N2CCc3ccccc32)nnc1-c1cccc(Cl)c1. The minimum Gasteiger partial charge on any atom is -0.335 e. The van der Waals surface area contributed by atoms with Crippen LogP contribution in [-0.2, 0) is 11.2 Å². The van der Waals surface area contributed by atoms with Crippen molar-refractivity contribution >= 4 is 35.0 Å². The molecule has 0 fully saturated rings. The maximum absolute atomic E-state index is 12.6. The zero-order valence-corrected chi connectivity index (χ0v) is 15.4. The lowest BCUT2D eigenvalue weighted by molar-refractivity contribution is -0.116. The first kappa shape index (κ1) is 16.9. The number of halogens is 1. The molecule has 0 atom stereocenters. The lowest BCUT2D eigenvalue weighted by atomic mass is 10.2. The molecule has 1 aliphatic heterocycles. The molecule has 0 radical (unpaired) electrons. The summed E-state index contributed by atoms with van der Waals surface area (Å²) in [6.45, 7) is 0.710. The number of nitrogen functional groups attached to an aromatic ring is 1. The molecule has 1 aliphatic rings. The smallest absolute Gasteiger partial charge is 0.237 e. The van der Waals surface area contributed by atoms with Crippen LogP contribution in [0.3, 0.4) is 0 Å². The van der Waals surface area contributed by atoms with Gasteiger partial charge in [-0.15, -0.1) is 10.2 Å². The van der Waals surface area contributed by atoms with Crippen LogP contribution in [0.2, 0.25) is 5.02 Å². The fraction of sp³-hybridized carbons (Fsp3) is 0.167. The summed E-state index contributed by atoms with van der Waals surface area (Å²) in [5.41, 5.74) is 2.97. The van der Waals surface area contributed by atoms with E-state index < -0.39 is 0 Å². The van der Waals surface area contributed by atoms with E-state index in [1.165, 1.54) is 22.0 Å². The van der Waals surface area contributed by atoms with Gasteiger partial charge in [-0.05, 0) is 30.2 Å². The molecule has 0 bridgehead atoms. The van der Waals surface area contributed by atoms with Crippen molar-refractivity contribution < 1.29 is 4.79 Å². The normalized spacial score (nSPS) is 13.0. The number of hydrogen-bond donors (Lipinski definition) is 1. The van der Waals surface area contributed by atoms with Crippen LogP contribution in [0.25, 0.3) is 11.4 Å². The van der Waals surface area contributed by atoms with Gasteiger partial charge in [0.05, 0.1) is 5.75 Å². The van der Waals surface area contributed by atoms with Gasteiger partial charge in [0.15, 0.2) is 5.82 Å². The summed E-state index contributed by atoms with van der Waals surface area (Å²) in [6, 6.07) is 15.2. The van der Waals surface area contributed by atoms with Crippen LogP contribution < -0.4 is 10.7 Å². The van der Waals surface area contributed by atoms with Gasteiger partial charge in [-0.25, -0.2) is 4.68 Å². The van der Waals surface area contributed by atoms with Crippen LogP contribution in [0.15, 0.2) is 53.7 Å². The number of carbonyl (C=O) groups excluding carboxylic acids is 1. The molecule has 1 amide bonds. The number of nitrogens with zero attached hydrogens (tertiary/aromatic N) is 4. The van der Waals surface area contributed by atoms with Gasteiger partial charge in [0, 0.05) is 22.8 Å². The molecule has 0 saturated heterocycles. The standard InChI is InChI=1S/C18H16ClN5OS/c19-14-6-3-5-13(10-14)17-21-22-18(24(17)20)26-11-16(25)23-9-8-12-4-1-2-7-15(12)23/h1-7,10H,8-9,11,20H2. The van der Waals surface area contributed by atoms with E-state index in [0.717, 1.165) is 17.7 Å². The first-order valence-corrected chi connectivity index (χ1v) is 9.47. The molecule has 4 rings (SSSR count). The Kier molecular flexibility index (Phi) is 4.57. The van der Waals surface area contributed by atoms with E-state index in [0.29, 0.717) is 22.5 Å². The number of para-hydroxylation sites is 1. The summed E-state index contributed by atoms with van der Waals surface area (Å²) in [6.07, 6.45) is 0.887. The van der Waals surface area contributed by atoms with E-state index in [1.54, 1.807) is 12.1 Å². The molecule has 2 aromatic carbocycles. The summed E-state index contributed by atoms with van der Waals surface area (Å²) in [5.74, 6) is 6.90. The number of fused-ring (bicyclic) bond motifs is 1. The number of benzene rings is 2. The number of amides is 1. The Hall–Kier alpha value is -2.51. The van der Waals surface area contributed by atoms with Gasteiger partial charge in [-0.1, -0.05) is 53.7 Å². The molecular formula is C18H16ClN5OS.